The third-order valence-corrected chi connectivity index (χ3v) is 5.76. The molecule has 2 unspecified atom stereocenters. The average molecular weight is 284 g/mol. The normalized spacial score (nSPS) is 28.2. The van der Waals surface area contributed by atoms with E-state index >= 15 is 0 Å². The van der Waals surface area contributed by atoms with Gasteiger partial charge in [-0.2, -0.15) is 0 Å². The number of carbonyl (C=O) groups is 1. The lowest BCUT2D eigenvalue weighted by Gasteiger charge is -2.32. The van der Waals surface area contributed by atoms with Crippen LogP contribution in [0.2, 0.25) is 6.04 Å². The predicted molar refractivity (Wildman–Crippen MR) is 75.9 cm³/mol. The van der Waals surface area contributed by atoms with Crippen molar-refractivity contribution in [1.29, 1.82) is 0 Å². The van der Waals surface area contributed by atoms with Crippen LogP contribution in [0.15, 0.2) is 0 Å². The Balaban J connectivity index is 1.64. The fourth-order valence-corrected chi connectivity index (χ4v) is 4.58. The van der Waals surface area contributed by atoms with Gasteiger partial charge in [0.2, 0.25) is 5.91 Å². The van der Waals surface area contributed by atoms with E-state index < -0.39 is 9.28 Å². The van der Waals surface area contributed by atoms with Gasteiger partial charge in [0.25, 0.3) is 0 Å². The van der Waals surface area contributed by atoms with E-state index in [9.17, 15) is 4.79 Å². The van der Waals surface area contributed by atoms with Crippen LogP contribution >= 0.6 is 0 Å². The van der Waals surface area contributed by atoms with Crippen LogP contribution in [-0.4, -0.2) is 33.9 Å². The number of nitrogens with one attached hydrogen (secondary N) is 1. The van der Waals surface area contributed by atoms with E-state index in [0.29, 0.717) is 12.2 Å². The van der Waals surface area contributed by atoms with Gasteiger partial charge in [-0.15, -0.1) is 0 Å². The molecule has 19 heavy (non-hydrogen) atoms. The van der Waals surface area contributed by atoms with Gasteiger partial charge in [-0.25, -0.2) is 0 Å². The van der Waals surface area contributed by atoms with Crippen molar-refractivity contribution in [1.82, 2.24) is 5.32 Å². The maximum atomic E-state index is 11.4. The second-order valence-corrected chi connectivity index (χ2v) is 7.64. The molecule has 2 aliphatic rings. The average Bonchev–Trinajstić information content (AvgIpc) is 2.55. The molecule has 0 aromatic heterocycles. The summed E-state index contributed by atoms with van der Waals surface area (Å²) in [5.41, 5.74) is 0. The van der Waals surface area contributed by atoms with Crippen molar-refractivity contribution < 1.29 is 13.6 Å². The zero-order valence-corrected chi connectivity index (χ0v) is 13.1. The Kier molecular flexibility index (Phi) is 5.85. The zero-order valence-electron chi connectivity index (χ0n) is 12.1. The maximum absolute atomic E-state index is 11.4. The van der Waals surface area contributed by atoms with Crippen molar-refractivity contribution in [3.8, 4) is 0 Å². The van der Waals surface area contributed by atoms with Crippen molar-refractivity contribution in [2.24, 2.45) is 5.92 Å². The lowest BCUT2D eigenvalue weighted by Crippen LogP contribution is -2.40. The molecule has 0 aromatic carbocycles. The van der Waals surface area contributed by atoms with Gasteiger partial charge < -0.3 is 14.2 Å². The summed E-state index contributed by atoms with van der Waals surface area (Å²) in [4.78, 5) is 11.4. The molecule has 2 fully saturated rings. The van der Waals surface area contributed by atoms with Crippen LogP contribution in [0.1, 0.15) is 52.4 Å². The van der Waals surface area contributed by atoms with E-state index in [1.807, 2.05) is 13.8 Å². The van der Waals surface area contributed by atoms with Crippen LogP contribution in [0, 0.1) is 5.92 Å². The summed E-state index contributed by atoms with van der Waals surface area (Å²) in [7, 11) is -1.10. The molecule has 1 radical (unpaired) electrons. The minimum absolute atomic E-state index is 0.0685. The minimum Gasteiger partial charge on any atom is -0.390 e. The number of amides is 1. The largest absolute Gasteiger partial charge is 0.390 e. The van der Waals surface area contributed by atoms with Crippen LogP contribution in [-0.2, 0) is 13.6 Å². The highest BCUT2D eigenvalue weighted by atomic mass is 28.3. The van der Waals surface area contributed by atoms with Crippen LogP contribution in [0.25, 0.3) is 0 Å². The summed E-state index contributed by atoms with van der Waals surface area (Å²) < 4.78 is 12.1. The van der Waals surface area contributed by atoms with E-state index in [2.05, 4.69) is 5.32 Å². The maximum Gasteiger partial charge on any atom is 0.385 e. The highest BCUT2D eigenvalue weighted by Gasteiger charge is 2.33. The van der Waals surface area contributed by atoms with Crippen LogP contribution in [0.5, 0.6) is 0 Å². The molecule has 0 spiro atoms. The highest BCUT2D eigenvalue weighted by Crippen LogP contribution is 2.29. The Labute approximate surface area is 118 Å². The molecule has 1 saturated heterocycles. The van der Waals surface area contributed by atoms with Crippen LogP contribution in [0.4, 0.5) is 0 Å². The molecule has 2 bridgehead atoms. The van der Waals surface area contributed by atoms with Gasteiger partial charge in [-0.05, 0) is 31.7 Å². The molecular formula is C14H26NO3Si. The van der Waals surface area contributed by atoms with Crippen molar-refractivity contribution in [3.63, 3.8) is 0 Å². The Morgan fingerprint density at radius 1 is 1.26 bits per heavy atom. The summed E-state index contributed by atoms with van der Waals surface area (Å²) in [5.74, 6) is 0.204. The first-order valence-corrected chi connectivity index (χ1v) is 9.14. The Morgan fingerprint density at radius 3 is 2.47 bits per heavy atom. The van der Waals surface area contributed by atoms with Crippen molar-refractivity contribution in [2.45, 2.75) is 70.6 Å². The van der Waals surface area contributed by atoms with E-state index in [4.69, 9.17) is 8.85 Å². The molecule has 2 atom stereocenters. The molecule has 5 heteroatoms. The molecule has 0 aromatic rings. The van der Waals surface area contributed by atoms with Crippen LogP contribution in [0.3, 0.4) is 0 Å². The molecule has 1 aliphatic carbocycles. The lowest BCUT2D eigenvalue weighted by molar-refractivity contribution is -0.123. The Bertz CT molecular complexity index is 284. The van der Waals surface area contributed by atoms with Crippen molar-refractivity contribution in [2.75, 3.05) is 6.54 Å². The lowest BCUT2D eigenvalue weighted by atomic mass is 10.1. The Hall–Kier alpha value is -0.393. The molecule has 2 rings (SSSR count). The first kappa shape index (κ1) is 15.0. The quantitative estimate of drug-likeness (QED) is 0.623. The van der Waals surface area contributed by atoms with E-state index in [0.717, 1.165) is 25.4 Å². The third-order valence-electron chi connectivity index (χ3n) is 3.81. The van der Waals surface area contributed by atoms with Gasteiger partial charge in [0.05, 0.1) is 0 Å². The summed E-state index contributed by atoms with van der Waals surface area (Å²) in [6, 6.07) is 0.982. The van der Waals surface area contributed by atoms with Crippen LogP contribution < -0.4 is 5.32 Å². The standard InChI is InChI=1S/C14H26NO3Si/c1-11(2)14(16)15-8-5-9-19-17-12-6-3-4-7-13(10-12)18-19/h11-13H,3-10H2,1-2H3,(H,15,16). The van der Waals surface area contributed by atoms with Gasteiger partial charge in [-0.3, -0.25) is 4.79 Å². The van der Waals surface area contributed by atoms with Gasteiger partial charge in [-0.1, -0.05) is 26.7 Å². The number of fused-ring (bicyclic) bond motifs is 2. The molecule has 1 amide bonds. The molecular weight excluding hydrogens is 258 g/mol. The predicted octanol–water partition coefficient (Wildman–Crippen LogP) is 2.39. The first-order valence-electron chi connectivity index (χ1n) is 7.62. The van der Waals surface area contributed by atoms with E-state index in [-0.39, 0.29) is 11.8 Å². The monoisotopic (exact) mass is 284 g/mol. The zero-order chi connectivity index (χ0) is 13.7. The number of hydrogen-bond donors (Lipinski definition) is 1. The van der Waals surface area contributed by atoms with Gasteiger partial charge in [0, 0.05) is 24.7 Å². The topological polar surface area (TPSA) is 47.6 Å². The molecule has 1 heterocycles. The fraction of sp³-hybridized carbons (Fsp3) is 0.929. The van der Waals surface area contributed by atoms with E-state index in [1.54, 1.807) is 0 Å². The second kappa shape index (κ2) is 7.41. The summed E-state index contributed by atoms with van der Waals surface area (Å²) in [6.07, 6.45) is 7.93. The Morgan fingerprint density at radius 2 is 1.89 bits per heavy atom. The number of carbonyl (C=O) groups excluding carboxylic acids is 1. The van der Waals surface area contributed by atoms with Crippen molar-refractivity contribution in [3.05, 3.63) is 0 Å². The molecule has 1 saturated carbocycles. The molecule has 1 N–H and O–H groups in total. The number of hydrogen-bond acceptors (Lipinski definition) is 3. The van der Waals surface area contributed by atoms with Gasteiger partial charge >= 0.3 is 9.28 Å². The van der Waals surface area contributed by atoms with Gasteiger partial charge in [0.1, 0.15) is 0 Å². The second-order valence-electron chi connectivity index (χ2n) is 5.92. The van der Waals surface area contributed by atoms with Gasteiger partial charge in [0.15, 0.2) is 0 Å². The highest BCUT2D eigenvalue weighted by molar-refractivity contribution is 6.44. The van der Waals surface area contributed by atoms with E-state index in [1.165, 1.54) is 25.7 Å². The molecule has 4 nitrogen and oxygen atoms in total. The SMILES string of the molecule is CC(C)C(=O)NCCC[Si]1OC2CCCCC(C2)O1. The van der Waals surface area contributed by atoms with Crippen molar-refractivity contribution >= 4 is 15.2 Å². The molecule has 109 valence electrons. The minimum atomic E-state index is -1.10. The summed E-state index contributed by atoms with van der Waals surface area (Å²) in [5, 5.41) is 2.95. The summed E-state index contributed by atoms with van der Waals surface area (Å²) >= 11 is 0. The first-order chi connectivity index (χ1) is 9.15. The fourth-order valence-electron chi connectivity index (χ4n) is 2.65. The molecule has 1 aliphatic heterocycles. The summed E-state index contributed by atoms with van der Waals surface area (Å²) in [6.45, 7) is 4.58. The third kappa shape index (κ3) is 4.89. The number of rotatable bonds is 5. The smallest absolute Gasteiger partial charge is 0.385 e.